The number of benzene rings is 1. The molecule has 0 spiro atoms. The third kappa shape index (κ3) is 4.26. The number of aliphatic hydroxyl groups excluding tert-OH is 1. The first-order valence-corrected chi connectivity index (χ1v) is 11.2. The molecule has 2 heterocycles. The number of aryl methyl sites for hydroxylation is 2. The largest absolute Gasteiger partial charge is 0.503 e. The average molecular weight is 429 g/mol. The molecule has 7 heteroatoms. The number of rotatable bonds is 9. The molecule has 0 bridgehead atoms. The first-order valence-electron chi connectivity index (χ1n) is 10.3. The van der Waals surface area contributed by atoms with Crippen LogP contribution >= 0.6 is 11.3 Å². The molecule has 0 aliphatic carbocycles. The molecule has 1 unspecified atom stereocenters. The minimum atomic E-state index is -0.626. The van der Waals surface area contributed by atoms with Crippen LogP contribution in [0, 0.1) is 13.8 Å². The van der Waals surface area contributed by atoms with Gasteiger partial charge in [0.25, 0.3) is 5.91 Å². The van der Waals surface area contributed by atoms with Gasteiger partial charge in [-0.05, 0) is 44.4 Å². The van der Waals surface area contributed by atoms with Gasteiger partial charge in [0.05, 0.1) is 33.8 Å². The monoisotopic (exact) mass is 428 g/mol. The number of hydrogen-bond acceptors (Lipinski definition) is 6. The van der Waals surface area contributed by atoms with E-state index in [9.17, 15) is 14.7 Å². The van der Waals surface area contributed by atoms with E-state index in [-0.39, 0.29) is 11.4 Å². The van der Waals surface area contributed by atoms with E-state index < -0.39 is 17.7 Å². The van der Waals surface area contributed by atoms with Crippen molar-refractivity contribution in [2.24, 2.45) is 0 Å². The van der Waals surface area contributed by atoms with Crippen molar-refractivity contribution in [1.29, 1.82) is 0 Å². The number of carbonyl (C=O) groups is 2. The predicted molar refractivity (Wildman–Crippen MR) is 117 cm³/mol. The van der Waals surface area contributed by atoms with Crippen LogP contribution in [-0.2, 0) is 4.79 Å². The number of carbonyl (C=O) groups excluding carboxylic acids is 2. The first kappa shape index (κ1) is 22.0. The number of aromatic nitrogens is 1. The second-order valence-corrected chi connectivity index (χ2v) is 8.61. The van der Waals surface area contributed by atoms with E-state index >= 15 is 0 Å². The van der Waals surface area contributed by atoms with Crippen LogP contribution in [0.3, 0.4) is 0 Å². The highest BCUT2D eigenvalue weighted by Gasteiger charge is 2.44. The van der Waals surface area contributed by atoms with E-state index in [1.807, 2.05) is 45.0 Å². The Morgan fingerprint density at radius 2 is 1.90 bits per heavy atom. The summed E-state index contributed by atoms with van der Waals surface area (Å²) < 4.78 is 5.65. The van der Waals surface area contributed by atoms with E-state index in [1.54, 1.807) is 11.8 Å². The van der Waals surface area contributed by atoms with Crippen LogP contribution in [0.15, 0.2) is 35.6 Å². The number of amides is 1. The summed E-state index contributed by atoms with van der Waals surface area (Å²) in [5.74, 6) is -0.556. The highest BCUT2D eigenvalue weighted by Crippen LogP contribution is 2.40. The van der Waals surface area contributed by atoms with Gasteiger partial charge in [0.15, 0.2) is 5.76 Å². The molecule has 0 radical (unpaired) electrons. The summed E-state index contributed by atoms with van der Waals surface area (Å²) in [7, 11) is 0. The zero-order valence-corrected chi connectivity index (χ0v) is 18.7. The van der Waals surface area contributed by atoms with Crippen molar-refractivity contribution < 1.29 is 19.4 Å². The third-order valence-corrected chi connectivity index (χ3v) is 6.15. The van der Waals surface area contributed by atoms with Crippen molar-refractivity contribution in [3.63, 3.8) is 0 Å². The molecule has 0 saturated heterocycles. The predicted octanol–water partition coefficient (Wildman–Crippen LogP) is 4.93. The second kappa shape index (κ2) is 9.43. The number of ether oxygens (including phenoxy) is 1. The van der Waals surface area contributed by atoms with Crippen molar-refractivity contribution in [1.82, 2.24) is 9.88 Å². The molecule has 30 heavy (non-hydrogen) atoms. The second-order valence-electron chi connectivity index (χ2n) is 7.41. The van der Waals surface area contributed by atoms with Gasteiger partial charge in [0.2, 0.25) is 5.78 Å². The number of ketones is 1. The van der Waals surface area contributed by atoms with E-state index in [4.69, 9.17) is 4.74 Å². The van der Waals surface area contributed by atoms with Crippen molar-refractivity contribution in [2.75, 3.05) is 13.2 Å². The van der Waals surface area contributed by atoms with Crippen molar-refractivity contribution in [3.05, 3.63) is 56.7 Å². The van der Waals surface area contributed by atoms with E-state index in [1.165, 1.54) is 11.3 Å². The van der Waals surface area contributed by atoms with Gasteiger partial charge in [0.1, 0.15) is 5.75 Å². The van der Waals surface area contributed by atoms with Crippen LogP contribution in [0.4, 0.5) is 0 Å². The van der Waals surface area contributed by atoms with Crippen LogP contribution in [0.2, 0.25) is 0 Å². The molecule has 0 saturated carbocycles. The lowest BCUT2D eigenvalue weighted by molar-refractivity contribution is -0.129. The smallest absolute Gasteiger partial charge is 0.290 e. The molecule has 1 aliphatic heterocycles. The number of hydrogen-bond donors (Lipinski definition) is 1. The van der Waals surface area contributed by atoms with Gasteiger partial charge in [0, 0.05) is 6.54 Å². The van der Waals surface area contributed by atoms with Gasteiger partial charge >= 0.3 is 0 Å². The molecule has 1 N–H and O–H groups in total. The molecule has 1 aliphatic rings. The average Bonchev–Trinajstić information content (AvgIpc) is 3.20. The molecule has 1 atom stereocenters. The van der Waals surface area contributed by atoms with Crippen LogP contribution in [0.25, 0.3) is 0 Å². The maximum atomic E-state index is 13.4. The molecule has 2 aromatic rings. The lowest BCUT2D eigenvalue weighted by atomic mass is 9.95. The Morgan fingerprint density at radius 3 is 2.47 bits per heavy atom. The van der Waals surface area contributed by atoms with Gasteiger partial charge in [-0.25, -0.2) is 4.98 Å². The first-order chi connectivity index (χ1) is 14.4. The Hall–Kier alpha value is -2.67. The van der Waals surface area contributed by atoms with Gasteiger partial charge < -0.3 is 14.7 Å². The number of aliphatic hydroxyl groups is 1. The van der Waals surface area contributed by atoms with Gasteiger partial charge in [-0.3, -0.25) is 9.59 Å². The zero-order chi connectivity index (χ0) is 21.8. The minimum Gasteiger partial charge on any atom is -0.503 e. The summed E-state index contributed by atoms with van der Waals surface area (Å²) >= 11 is 1.28. The summed E-state index contributed by atoms with van der Waals surface area (Å²) in [5.41, 5.74) is 1.52. The van der Waals surface area contributed by atoms with E-state index in [2.05, 4.69) is 4.98 Å². The van der Waals surface area contributed by atoms with Crippen LogP contribution in [0.1, 0.15) is 65.1 Å². The summed E-state index contributed by atoms with van der Waals surface area (Å²) in [6.07, 6.45) is 2.59. The zero-order valence-electron chi connectivity index (χ0n) is 17.9. The van der Waals surface area contributed by atoms with Crippen LogP contribution in [0.5, 0.6) is 5.75 Å². The van der Waals surface area contributed by atoms with Gasteiger partial charge in [-0.15, -0.1) is 11.3 Å². The Labute approximate surface area is 181 Å². The molecule has 1 aromatic heterocycles. The number of thiazole rings is 1. The van der Waals surface area contributed by atoms with Crippen molar-refractivity contribution in [2.45, 2.75) is 53.0 Å². The quantitative estimate of drug-likeness (QED) is 0.573. The SMILES string of the molecule is CCCCN1C(=O)C(O)=C(C(=O)c2sc(C)nc2C)C1c1ccc(OCCC)cc1. The van der Waals surface area contributed by atoms with E-state index in [0.29, 0.717) is 23.7 Å². The standard InChI is InChI=1S/C23H28N2O4S/c1-5-7-12-25-19(16-8-10-17(11-9-16)29-13-6-2)18(21(27)23(25)28)20(26)22-14(3)24-15(4)30-22/h8-11,19,27H,5-7,12-13H2,1-4H3. The summed E-state index contributed by atoms with van der Waals surface area (Å²) in [6, 6.07) is 6.77. The number of nitrogens with zero attached hydrogens (tertiary/aromatic N) is 2. The molecule has 160 valence electrons. The molecule has 0 fully saturated rings. The third-order valence-electron chi connectivity index (χ3n) is 5.08. The Kier molecular flexibility index (Phi) is 6.92. The Bertz CT molecular complexity index is 962. The fraction of sp³-hybridized carbons (Fsp3) is 0.435. The topological polar surface area (TPSA) is 79.7 Å². The summed E-state index contributed by atoms with van der Waals surface area (Å²) in [5, 5.41) is 11.5. The highest BCUT2D eigenvalue weighted by atomic mass is 32.1. The molecule has 3 rings (SSSR count). The van der Waals surface area contributed by atoms with Crippen LogP contribution in [-0.4, -0.2) is 39.8 Å². The van der Waals surface area contributed by atoms with Crippen molar-refractivity contribution >= 4 is 23.0 Å². The summed E-state index contributed by atoms with van der Waals surface area (Å²) in [4.78, 5) is 32.7. The maximum absolute atomic E-state index is 13.4. The molecular weight excluding hydrogens is 400 g/mol. The lowest BCUT2D eigenvalue weighted by Gasteiger charge is -2.26. The van der Waals surface area contributed by atoms with Crippen LogP contribution < -0.4 is 4.74 Å². The Morgan fingerprint density at radius 1 is 1.20 bits per heavy atom. The highest BCUT2D eigenvalue weighted by molar-refractivity contribution is 7.14. The fourth-order valence-corrected chi connectivity index (χ4v) is 4.50. The number of unbranched alkanes of at least 4 members (excludes halogenated alkanes) is 1. The molecule has 1 amide bonds. The minimum absolute atomic E-state index is 0.130. The molecular formula is C23H28N2O4S. The van der Waals surface area contributed by atoms with Gasteiger partial charge in [-0.1, -0.05) is 32.4 Å². The normalized spacial score (nSPS) is 16.5. The summed E-state index contributed by atoms with van der Waals surface area (Å²) in [6.45, 7) is 8.78. The van der Waals surface area contributed by atoms with E-state index in [0.717, 1.165) is 35.6 Å². The fourth-order valence-electron chi connectivity index (χ4n) is 3.62. The molecule has 1 aromatic carbocycles. The maximum Gasteiger partial charge on any atom is 0.290 e. The number of Topliss-reactive ketones (excluding diaryl/α,β-unsaturated/α-hetero) is 1. The lowest BCUT2D eigenvalue weighted by Crippen LogP contribution is -2.32. The van der Waals surface area contributed by atoms with Gasteiger partial charge in [-0.2, -0.15) is 0 Å². The molecule has 6 nitrogen and oxygen atoms in total. The van der Waals surface area contributed by atoms with Crippen molar-refractivity contribution in [3.8, 4) is 5.75 Å². The Balaban J connectivity index is 2.02.